The number of guanidine groups is 1. The molecule has 634 valence electrons. The van der Waals surface area contributed by atoms with E-state index in [4.69, 9.17) is 38.6 Å². The highest BCUT2D eigenvalue weighted by Gasteiger charge is 2.41. The third-order valence-electron chi connectivity index (χ3n) is 17.5. The zero-order chi connectivity index (χ0) is 86.1. The second-order valence-electron chi connectivity index (χ2n) is 27.3. The van der Waals surface area contributed by atoms with Gasteiger partial charge in [0.25, 0.3) is 0 Å². The van der Waals surface area contributed by atoms with E-state index in [1.807, 2.05) is 0 Å². The van der Waals surface area contributed by atoms with Crippen LogP contribution >= 0.6 is 21.6 Å². The summed E-state index contributed by atoms with van der Waals surface area (Å²) in [7, 11) is 1.71. The van der Waals surface area contributed by atoms with Crippen LogP contribution in [0, 0.1) is 17.8 Å². The van der Waals surface area contributed by atoms with Gasteiger partial charge in [0.1, 0.15) is 66.5 Å². The molecule has 14 atom stereocenters. The molecule has 4 heterocycles. The van der Waals surface area contributed by atoms with Crippen molar-refractivity contribution in [3.05, 3.63) is 72.5 Å². The first-order valence-corrected chi connectivity index (χ1v) is 38.4. The molecule has 1 aliphatic rings. The van der Waals surface area contributed by atoms with Gasteiger partial charge in [0.2, 0.25) is 82.7 Å². The first kappa shape index (κ1) is 95.8. The van der Waals surface area contributed by atoms with Crippen LogP contribution in [-0.4, -0.2) is 250 Å². The van der Waals surface area contributed by atoms with E-state index in [1.54, 1.807) is 52.0 Å². The largest absolute Gasteiger partial charge is 0.490 e. The molecule has 0 unspecified atom stereocenters. The van der Waals surface area contributed by atoms with E-state index in [0.717, 1.165) is 28.5 Å². The Hall–Kier alpha value is -11.6. The summed E-state index contributed by atoms with van der Waals surface area (Å²) in [6.07, 6.45) is -3.04. The summed E-state index contributed by atoms with van der Waals surface area (Å²) in [4.78, 5) is 241. The number of para-hydroxylation sites is 1. The maximum Gasteiger partial charge on any atom is 0.490 e. The van der Waals surface area contributed by atoms with Crippen LogP contribution in [0.5, 0.6) is 0 Å². The van der Waals surface area contributed by atoms with Crippen LogP contribution in [0.1, 0.15) is 104 Å². The normalized spacial score (nSPS) is 22.5. The number of aliphatic imine (C=N–C) groups is 1. The number of carboxylic acid groups (broad SMARTS) is 2. The van der Waals surface area contributed by atoms with Crippen molar-refractivity contribution in [2.24, 2.45) is 51.4 Å². The van der Waals surface area contributed by atoms with E-state index >= 15 is 0 Å². The number of aliphatic hydroxyl groups excluding tert-OH is 1. The van der Waals surface area contributed by atoms with Crippen LogP contribution in [0.15, 0.2) is 60.5 Å². The monoisotopic (exact) mass is 1660 g/mol. The lowest BCUT2D eigenvalue weighted by Crippen LogP contribution is -2.62. The standard InChI is InChI=1S/C66H99N23O17S2.C2HF3O2/c1-8-32(6)50(68)63(104)86-46-27-108-107-26-45(62(103)89-53(33(7)90)54(69)95)85-56(97)39(14-11-17-74-66(70)71)80-59(100)43(20-36-24-73-29-78-36)83-58(99)42(19-35-23-72-28-77-35)79-48(92)25-76-55(96)41(18-34-22-75-38-13-10-9-12-37(34)38)82-60(101)44(21-49(93)94)84-57(98)40(15-16-47(67)91)81-64(105)51(30(2)3)88-65(106)52(31(4)5)87-61(46)102;3-2(4,5)1(6)7/h9-10,12-13,22-24,28-33,39-46,50-53,75,90H,8,11,14-21,25-27,68H2,1-7H3,(H2,67,91)(H2,69,95)(H,72,77)(H,73,78)(H,76,96)(H,79,92)(H,80,100)(H,81,105)(H,82,101)(H,83,99)(H,84,98)(H,85,97)(H,86,104)(H,87,102)(H,88,106)(H,89,103)(H,93,94)(H4,70,71,74);(H,6,7)/t32-,33+,39-,40-,41-,42-,43-,44-,45-,46-,50-,51-,52-,53-;/m0./s1. The molecule has 1 aromatic carbocycles. The van der Waals surface area contributed by atoms with Crippen LogP contribution in [0.25, 0.3) is 10.9 Å². The highest BCUT2D eigenvalue weighted by Crippen LogP contribution is 2.25. The number of H-pyrrole nitrogens is 3. The molecule has 14 amide bonds. The number of amides is 14. The number of fused-ring (bicyclic) bond motifs is 1. The van der Waals surface area contributed by atoms with Crippen molar-refractivity contribution in [2.75, 3.05) is 24.6 Å². The van der Waals surface area contributed by atoms with Crippen molar-refractivity contribution in [2.45, 2.75) is 191 Å². The first-order valence-electron chi connectivity index (χ1n) is 35.9. The number of imidazole rings is 2. The minimum Gasteiger partial charge on any atom is -0.481 e. The van der Waals surface area contributed by atoms with Crippen LogP contribution in [-0.2, 0) is 96.0 Å². The van der Waals surface area contributed by atoms with Crippen molar-refractivity contribution in [1.29, 1.82) is 0 Å². The van der Waals surface area contributed by atoms with E-state index < -0.39 is 229 Å². The number of benzene rings is 1. The van der Waals surface area contributed by atoms with Gasteiger partial charge in [-0.3, -0.25) is 76.9 Å². The Labute approximate surface area is 663 Å². The number of carbonyl (C=O) groups is 16. The molecule has 0 spiro atoms. The predicted molar refractivity (Wildman–Crippen MR) is 408 cm³/mol. The van der Waals surface area contributed by atoms with Crippen molar-refractivity contribution in [3.8, 4) is 0 Å². The Morgan fingerprint density at radius 1 is 0.626 bits per heavy atom. The molecule has 0 saturated carbocycles. The molecule has 115 heavy (non-hydrogen) atoms. The number of aliphatic carboxylic acids is 2. The van der Waals surface area contributed by atoms with E-state index in [1.165, 1.54) is 45.1 Å². The molecular formula is C68H100F3N23O19S2. The summed E-state index contributed by atoms with van der Waals surface area (Å²) in [5.41, 5.74) is 30.2. The van der Waals surface area contributed by atoms with Gasteiger partial charge in [-0.15, -0.1) is 0 Å². The van der Waals surface area contributed by atoms with Crippen molar-refractivity contribution in [1.82, 2.24) is 88.7 Å². The van der Waals surface area contributed by atoms with Crippen molar-refractivity contribution < 1.29 is 105 Å². The zero-order valence-corrected chi connectivity index (χ0v) is 65.3. The number of aliphatic hydroxyl groups is 1. The maximum absolute atomic E-state index is 14.9. The number of hydrogen-bond acceptors (Lipinski definition) is 23. The van der Waals surface area contributed by atoms with Gasteiger partial charge >= 0.3 is 18.1 Å². The van der Waals surface area contributed by atoms with Gasteiger partial charge in [0.05, 0.1) is 37.8 Å². The van der Waals surface area contributed by atoms with Crippen LogP contribution in [0.2, 0.25) is 0 Å². The Kier molecular flexibility index (Phi) is 38.7. The third-order valence-corrected chi connectivity index (χ3v) is 19.9. The number of carbonyl (C=O) groups excluding carboxylic acids is 14. The second-order valence-corrected chi connectivity index (χ2v) is 29.9. The molecule has 28 N–H and O–H groups in total. The minimum atomic E-state index is -5.08. The number of halogens is 3. The summed E-state index contributed by atoms with van der Waals surface area (Å²) in [5, 5.41) is 58.5. The average Bonchev–Trinajstić information content (AvgIpc) is 1.71. The summed E-state index contributed by atoms with van der Waals surface area (Å²) in [6, 6.07) is -12.7. The first-order chi connectivity index (χ1) is 54.0. The van der Waals surface area contributed by atoms with Crippen molar-refractivity contribution >= 4 is 133 Å². The number of nitrogens with zero attached hydrogens (tertiary/aromatic N) is 3. The van der Waals surface area contributed by atoms with E-state index in [2.05, 4.69) is 93.7 Å². The molecule has 5 rings (SSSR count). The fourth-order valence-corrected chi connectivity index (χ4v) is 13.2. The summed E-state index contributed by atoms with van der Waals surface area (Å²) in [6.45, 7) is 9.74. The Balaban J connectivity index is 0.00000379. The van der Waals surface area contributed by atoms with Gasteiger partial charge in [0, 0.05) is 84.6 Å². The Morgan fingerprint density at radius 3 is 1.64 bits per heavy atom. The summed E-state index contributed by atoms with van der Waals surface area (Å²) >= 11 is 0. The molecule has 1 aliphatic heterocycles. The quantitative estimate of drug-likeness (QED) is 0.0127. The average molecular weight is 1660 g/mol. The van der Waals surface area contributed by atoms with Gasteiger partial charge in [-0.1, -0.05) is 87.8 Å². The number of nitrogens with one attached hydrogen (secondary N) is 15. The number of alkyl halides is 3. The molecule has 0 aliphatic carbocycles. The second kappa shape index (κ2) is 46.5. The molecule has 1 saturated heterocycles. The number of aromatic amines is 3. The van der Waals surface area contributed by atoms with Crippen LogP contribution in [0.4, 0.5) is 13.2 Å². The van der Waals surface area contributed by atoms with Crippen LogP contribution < -0.4 is 92.5 Å². The number of primary amides is 2. The molecule has 0 bridgehead atoms. The molecule has 47 heteroatoms. The summed E-state index contributed by atoms with van der Waals surface area (Å²) in [5.74, 6) is -22.2. The van der Waals surface area contributed by atoms with E-state index in [9.17, 15) is 95.3 Å². The van der Waals surface area contributed by atoms with Gasteiger partial charge in [-0.2, -0.15) is 13.2 Å². The molecule has 3 aromatic heterocycles. The lowest BCUT2D eigenvalue weighted by Gasteiger charge is -2.30. The summed E-state index contributed by atoms with van der Waals surface area (Å²) < 4.78 is 31.7. The van der Waals surface area contributed by atoms with Gasteiger partial charge in [-0.05, 0) is 55.6 Å². The molecule has 0 radical (unpaired) electrons. The molecular weight excluding hydrogens is 1560 g/mol. The SMILES string of the molecule is CC[C@H](C)[C@H](N)C(=O)N[C@H]1CSSC[C@@H](C(=O)N[C@H](C(N)=O)[C@@H](C)O)NC(=O)[C@H](CCCN=C(N)N)NC(=O)[C@H](Cc2cnc[nH]2)NC(=O)[C@H](Cc2cnc[nH]2)NC(=O)CNC(=O)[C@H](Cc2c[nH]c3ccccc23)NC(=O)[C@H](CC(=O)O)NC(=O)[C@H](CCC(N)=O)NC(=O)[C@H](C(C)C)NC(=O)[C@H](C(C)C)NC1=O.O=C(O)C(F)(F)F. The van der Waals surface area contributed by atoms with E-state index in [-0.39, 0.29) is 61.7 Å². The highest BCUT2D eigenvalue weighted by molar-refractivity contribution is 8.76. The number of rotatable bonds is 25. The maximum atomic E-state index is 14.9. The topological polar surface area (TPSA) is 694 Å². The lowest BCUT2D eigenvalue weighted by molar-refractivity contribution is -0.192. The molecule has 42 nitrogen and oxygen atoms in total. The lowest BCUT2D eigenvalue weighted by atomic mass is 9.98. The number of nitrogens with two attached hydrogens (primary N) is 5. The predicted octanol–water partition coefficient (Wildman–Crippen LogP) is -5.54. The number of hydrogen-bond donors (Lipinski definition) is 23. The van der Waals surface area contributed by atoms with Crippen molar-refractivity contribution in [3.63, 3.8) is 0 Å². The third kappa shape index (κ3) is 32.4. The van der Waals surface area contributed by atoms with E-state index in [0.29, 0.717) is 22.9 Å². The molecule has 4 aromatic rings. The van der Waals surface area contributed by atoms with Crippen LogP contribution in [0.3, 0.4) is 0 Å². The van der Waals surface area contributed by atoms with Gasteiger partial charge < -0.3 is 123 Å². The minimum absolute atomic E-state index is 0.0154. The number of aromatic nitrogens is 5. The van der Waals surface area contributed by atoms with Gasteiger partial charge in [-0.25, -0.2) is 14.8 Å². The smallest absolute Gasteiger partial charge is 0.481 e. The fraction of sp³-hybridized carbons (Fsp3) is 0.544. The Morgan fingerprint density at radius 2 is 1.12 bits per heavy atom. The highest BCUT2D eigenvalue weighted by atomic mass is 33.1. The Bertz CT molecular complexity index is 4050. The molecule has 1 fully saturated rings. The number of carboxylic acids is 2. The zero-order valence-electron chi connectivity index (χ0n) is 63.7. The van der Waals surface area contributed by atoms with Gasteiger partial charge in [0.15, 0.2) is 5.96 Å². The fourth-order valence-electron chi connectivity index (χ4n) is 10.9.